The summed E-state index contributed by atoms with van der Waals surface area (Å²) in [4.78, 5) is 6.16. The number of thiazole rings is 1. The lowest BCUT2D eigenvalue weighted by Crippen LogP contribution is -2.11. The number of ether oxygens (including phenoxy) is 1. The Bertz CT molecular complexity index is 347. The largest absolute Gasteiger partial charge is 0.375 e. The molecule has 90 valence electrons. The predicted octanol–water partition coefficient (Wildman–Crippen LogP) is 2.84. The molecule has 1 aromatic heterocycles. The van der Waals surface area contributed by atoms with Crippen LogP contribution in [-0.4, -0.2) is 18.6 Å². The molecular weight excluding hydrogens is 220 g/mol. The lowest BCUT2D eigenvalue weighted by Gasteiger charge is -2.03. The van der Waals surface area contributed by atoms with Gasteiger partial charge in [0.1, 0.15) is 11.1 Å². The van der Waals surface area contributed by atoms with E-state index in [-0.39, 0.29) is 6.10 Å². The van der Waals surface area contributed by atoms with Crippen molar-refractivity contribution in [2.75, 3.05) is 13.7 Å². The minimum Gasteiger partial charge on any atom is -0.375 e. The fourth-order valence-electron chi connectivity index (χ4n) is 1.70. The Hall–Kier alpha value is -0.450. The smallest absolute Gasteiger partial charge is 0.122 e. The van der Waals surface area contributed by atoms with E-state index >= 15 is 0 Å². The summed E-state index contributed by atoms with van der Waals surface area (Å²) in [5.41, 5.74) is 1.32. The lowest BCUT2D eigenvalue weighted by atomic mass is 10.2. The first kappa shape index (κ1) is 12.0. The van der Waals surface area contributed by atoms with Gasteiger partial charge in [0.15, 0.2) is 0 Å². The molecular formula is C12H20N2OS. The van der Waals surface area contributed by atoms with Crippen LogP contribution in [0.25, 0.3) is 0 Å². The van der Waals surface area contributed by atoms with Gasteiger partial charge < -0.3 is 10.1 Å². The van der Waals surface area contributed by atoms with Crippen molar-refractivity contribution in [3.63, 3.8) is 0 Å². The third kappa shape index (κ3) is 2.62. The summed E-state index contributed by atoms with van der Waals surface area (Å²) < 4.78 is 5.34. The topological polar surface area (TPSA) is 34.1 Å². The maximum absolute atomic E-state index is 5.34. The Labute approximate surface area is 101 Å². The Morgan fingerprint density at radius 3 is 2.88 bits per heavy atom. The summed E-state index contributed by atoms with van der Waals surface area (Å²) in [5.74, 6) is 0.725. The molecule has 3 nitrogen and oxygen atoms in total. The molecule has 1 unspecified atom stereocenters. The van der Waals surface area contributed by atoms with E-state index in [2.05, 4.69) is 19.2 Å². The molecule has 16 heavy (non-hydrogen) atoms. The molecule has 0 aromatic carbocycles. The van der Waals surface area contributed by atoms with E-state index in [9.17, 15) is 0 Å². The first-order valence-corrected chi connectivity index (χ1v) is 6.80. The third-order valence-corrected chi connectivity index (χ3v) is 4.18. The maximum Gasteiger partial charge on any atom is 0.122 e. The van der Waals surface area contributed by atoms with Gasteiger partial charge in [-0.25, -0.2) is 4.98 Å². The van der Waals surface area contributed by atoms with Gasteiger partial charge in [-0.15, -0.1) is 11.3 Å². The lowest BCUT2D eigenvalue weighted by molar-refractivity contribution is 0.119. The predicted molar refractivity (Wildman–Crippen MR) is 66.9 cm³/mol. The summed E-state index contributed by atoms with van der Waals surface area (Å²) in [6, 6.07) is 0. The Morgan fingerprint density at radius 1 is 1.56 bits per heavy atom. The second-order valence-corrected chi connectivity index (χ2v) is 5.41. The van der Waals surface area contributed by atoms with Crippen LogP contribution in [0, 0.1) is 0 Å². The summed E-state index contributed by atoms with van der Waals surface area (Å²) >= 11 is 1.80. The van der Waals surface area contributed by atoms with Crippen LogP contribution in [0.2, 0.25) is 0 Å². The molecule has 0 spiro atoms. The van der Waals surface area contributed by atoms with Crippen molar-refractivity contribution in [2.45, 2.75) is 45.3 Å². The van der Waals surface area contributed by atoms with E-state index in [4.69, 9.17) is 9.72 Å². The van der Waals surface area contributed by atoms with Crippen molar-refractivity contribution < 1.29 is 4.74 Å². The van der Waals surface area contributed by atoms with Gasteiger partial charge in [-0.3, -0.25) is 0 Å². The summed E-state index contributed by atoms with van der Waals surface area (Å²) in [5, 5.41) is 4.51. The molecule has 0 amide bonds. The Morgan fingerprint density at radius 2 is 2.31 bits per heavy atom. The molecule has 0 bridgehead atoms. The molecule has 0 saturated heterocycles. The van der Waals surface area contributed by atoms with E-state index in [0.717, 1.165) is 24.0 Å². The standard InChI is InChI=1S/C12H20N2OS/c1-4-13-7-10-11(9-5-6-9)14-12(16-10)8(2)15-3/h8-9,13H,4-7H2,1-3H3. The number of nitrogens with one attached hydrogen (secondary N) is 1. The second-order valence-electron chi connectivity index (χ2n) is 4.29. The van der Waals surface area contributed by atoms with E-state index in [1.54, 1.807) is 18.4 Å². The minimum absolute atomic E-state index is 0.123. The Kier molecular flexibility index (Phi) is 3.95. The number of nitrogens with zero attached hydrogens (tertiary/aromatic N) is 1. The van der Waals surface area contributed by atoms with Gasteiger partial charge in [0.25, 0.3) is 0 Å². The van der Waals surface area contributed by atoms with Gasteiger partial charge in [0, 0.05) is 24.4 Å². The molecule has 0 aliphatic heterocycles. The van der Waals surface area contributed by atoms with E-state index < -0.39 is 0 Å². The Balaban J connectivity index is 2.16. The van der Waals surface area contributed by atoms with Crippen molar-refractivity contribution in [3.8, 4) is 0 Å². The zero-order chi connectivity index (χ0) is 11.5. The monoisotopic (exact) mass is 240 g/mol. The number of hydrogen-bond donors (Lipinski definition) is 1. The van der Waals surface area contributed by atoms with Crippen molar-refractivity contribution in [3.05, 3.63) is 15.6 Å². The highest BCUT2D eigenvalue weighted by atomic mass is 32.1. The fourth-order valence-corrected chi connectivity index (χ4v) is 2.85. The van der Waals surface area contributed by atoms with Gasteiger partial charge in [-0.05, 0) is 26.3 Å². The highest BCUT2D eigenvalue weighted by molar-refractivity contribution is 7.11. The zero-order valence-corrected chi connectivity index (χ0v) is 11.1. The van der Waals surface area contributed by atoms with Crippen LogP contribution < -0.4 is 5.32 Å². The molecule has 0 radical (unpaired) electrons. The van der Waals surface area contributed by atoms with Crippen LogP contribution in [-0.2, 0) is 11.3 Å². The first-order valence-electron chi connectivity index (χ1n) is 5.99. The van der Waals surface area contributed by atoms with Gasteiger partial charge >= 0.3 is 0 Å². The van der Waals surface area contributed by atoms with Crippen molar-refractivity contribution in [1.82, 2.24) is 10.3 Å². The average Bonchev–Trinajstić information content (AvgIpc) is 3.06. The van der Waals surface area contributed by atoms with Crippen LogP contribution in [0.15, 0.2) is 0 Å². The van der Waals surface area contributed by atoms with E-state index in [0.29, 0.717) is 0 Å². The fraction of sp³-hybridized carbons (Fsp3) is 0.750. The molecule has 1 atom stereocenters. The molecule has 1 saturated carbocycles. The molecule has 1 heterocycles. The van der Waals surface area contributed by atoms with Gasteiger partial charge in [-0.2, -0.15) is 0 Å². The summed E-state index contributed by atoms with van der Waals surface area (Å²) in [7, 11) is 1.74. The highest BCUT2D eigenvalue weighted by Gasteiger charge is 2.30. The van der Waals surface area contributed by atoms with Crippen molar-refractivity contribution >= 4 is 11.3 Å². The van der Waals surface area contributed by atoms with Gasteiger partial charge in [0.05, 0.1) is 5.69 Å². The van der Waals surface area contributed by atoms with Crippen molar-refractivity contribution in [2.24, 2.45) is 0 Å². The highest BCUT2D eigenvalue weighted by Crippen LogP contribution is 2.43. The van der Waals surface area contributed by atoms with Crippen LogP contribution in [0.5, 0.6) is 0 Å². The van der Waals surface area contributed by atoms with Crippen LogP contribution in [0.1, 0.15) is 54.3 Å². The molecule has 1 aliphatic carbocycles. The van der Waals surface area contributed by atoms with Crippen molar-refractivity contribution in [1.29, 1.82) is 0 Å². The van der Waals surface area contributed by atoms with Crippen LogP contribution >= 0.6 is 11.3 Å². The molecule has 2 rings (SSSR count). The van der Waals surface area contributed by atoms with E-state index in [1.165, 1.54) is 23.4 Å². The SMILES string of the molecule is CCNCc1sc(C(C)OC)nc1C1CC1. The zero-order valence-electron chi connectivity index (χ0n) is 10.2. The number of methoxy groups -OCH3 is 1. The quantitative estimate of drug-likeness (QED) is 0.830. The normalized spacial score (nSPS) is 17.7. The molecule has 1 aliphatic rings. The molecule has 1 N–H and O–H groups in total. The third-order valence-electron chi connectivity index (χ3n) is 2.95. The summed E-state index contributed by atoms with van der Waals surface area (Å²) in [6.45, 7) is 6.16. The summed E-state index contributed by atoms with van der Waals surface area (Å²) in [6.07, 6.45) is 2.74. The number of rotatable bonds is 6. The van der Waals surface area contributed by atoms with E-state index in [1.807, 2.05) is 0 Å². The van der Waals surface area contributed by atoms with Gasteiger partial charge in [0.2, 0.25) is 0 Å². The molecule has 1 aromatic rings. The average molecular weight is 240 g/mol. The first-order chi connectivity index (χ1) is 7.76. The number of aromatic nitrogens is 1. The maximum atomic E-state index is 5.34. The van der Waals surface area contributed by atoms with Crippen LogP contribution in [0.3, 0.4) is 0 Å². The van der Waals surface area contributed by atoms with Crippen LogP contribution in [0.4, 0.5) is 0 Å². The molecule has 1 fully saturated rings. The minimum atomic E-state index is 0.123. The second kappa shape index (κ2) is 5.25. The molecule has 4 heteroatoms. The van der Waals surface area contributed by atoms with Gasteiger partial charge in [-0.1, -0.05) is 6.92 Å². The number of hydrogen-bond acceptors (Lipinski definition) is 4.